The number of nitrogens with zero attached hydrogens (tertiary/aromatic N) is 3. The first-order valence-corrected chi connectivity index (χ1v) is 12.6. The van der Waals surface area contributed by atoms with Gasteiger partial charge >= 0.3 is 11.7 Å². The lowest BCUT2D eigenvalue weighted by Gasteiger charge is -2.24. The van der Waals surface area contributed by atoms with E-state index >= 15 is 0 Å². The molecular formula is C24H21N3O6S2. The Bertz CT molecular complexity index is 1540. The Morgan fingerprint density at radius 3 is 2.66 bits per heavy atom. The number of carbonyl (C=O) groups excluding carboxylic acids is 1. The van der Waals surface area contributed by atoms with E-state index in [0.29, 0.717) is 16.1 Å². The summed E-state index contributed by atoms with van der Waals surface area (Å²) in [6, 6.07) is 10.7. The summed E-state index contributed by atoms with van der Waals surface area (Å²) < 4.78 is 7.03. The van der Waals surface area contributed by atoms with E-state index in [4.69, 9.17) is 4.74 Å². The molecule has 0 aliphatic carbocycles. The van der Waals surface area contributed by atoms with Gasteiger partial charge in [-0.25, -0.2) is 9.79 Å². The van der Waals surface area contributed by atoms with Gasteiger partial charge in [0.15, 0.2) is 10.6 Å². The monoisotopic (exact) mass is 511 g/mol. The molecule has 4 rings (SSSR count). The van der Waals surface area contributed by atoms with Gasteiger partial charge in [-0.05, 0) is 55.5 Å². The van der Waals surface area contributed by atoms with Crippen LogP contribution in [-0.4, -0.2) is 33.4 Å². The number of esters is 1. The molecule has 1 aliphatic rings. The Kier molecular flexibility index (Phi) is 6.90. The summed E-state index contributed by atoms with van der Waals surface area (Å²) in [5.41, 5.74) is 0.991. The molecule has 11 heteroatoms. The van der Waals surface area contributed by atoms with E-state index in [9.17, 15) is 24.8 Å². The number of thioether (sulfide) groups is 1. The number of aromatic nitrogens is 1. The summed E-state index contributed by atoms with van der Waals surface area (Å²) in [5.74, 6) is -1.01. The van der Waals surface area contributed by atoms with Crippen LogP contribution in [-0.2, 0) is 9.53 Å². The minimum atomic E-state index is -0.738. The van der Waals surface area contributed by atoms with Gasteiger partial charge in [0.2, 0.25) is 0 Å². The SMILES string of the molecule is CCOC(=O)C1=C(C)N=c2s/c(=C\c3ccc(O)c([N+](=O)[O-])c3)c(=O)n2[C@@H]1c1ccc(SC)cc1. The molecule has 1 N–H and O–H groups in total. The zero-order valence-electron chi connectivity index (χ0n) is 19.0. The molecule has 0 saturated heterocycles. The number of nitro benzene ring substituents is 1. The van der Waals surface area contributed by atoms with Crippen LogP contribution < -0.4 is 14.9 Å². The van der Waals surface area contributed by atoms with Crippen molar-refractivity contribution in [2.75, 3.05) is 12.9 Å². The Morgan fingerprint density at radius 2 is 2.03 bits per heavy atom. The highest BCUT2D eigenvalue weighted by Crippen LogP contribution is 2.32. The van der Waals surface area contributed by atoms with Gasteiger partial charge in [-0.15, -0.1) is 11.8 Å². The van der Waals surface area contributed by atoms with E-state index in [1.54, 1.807) is 25.6 Å². The summed E-state index contributed by atoms with van der Waals surface area (Å²) in [6.45, 7) is 3.59. The number of aromatic hydroxyl groups is 1. The van der Waals surface area contributed by atoms with Crippen molar-refractivity contribution < 1.29 is 19.6 Å². The number of hydrogen-bond donors (Lipinski definition) is 1. The van der Waals surface area contributed by atoms with Crippen LogP contribution >= 0.6 is 23.1 Å². The number of rotatable bonds is 6. The quantitative estimate of drug-likeness (QED) is 0.233. The van der Waals surface area contributed by atoms with Crippen LogP contribution in [0.25, 0.3) is 6.08 Å². The third kappa shape index (κ3) is 4.64. The first-order valence-electron chi connectivity index (χ1n) is 10.6. The van der Waals surface area contributed by atoms with Crippen molar-refractivity contribution in [3.8, 4) is 5.75 Å². The number of hydrogen-bond acceptors (Lipinski definition) is 9. The third-order valence-corrected chi connectivity index (χ3v) is 7.17. The second-order valence-corrected chi connectivity index (χ2v) is 9.47. The molecule has 3 aromatic rings. The van der Waals surface area contributed by atoms with Crippen LogP contribution in [0.3, 0.4) is 0 Å². The number of allylic oxidation sites excluding steroid dienone is 1. The van der Waals surface area contributed by atoms with E-state index in [1.807, 2.05) is 30.5 Å². The number of nitro groups is 1. The van der Waals surface area contributed by atoms with E-state index in [0.717, 1.165) is 21.8 Å². The molecule has 180 valence electrons. The maximum absolute atomic E-state index is 13.6. The smallest absolute Gasteiger partial charge is 0.338 e. The summed E-state index contributed by atoms with van der Waals surface area (Å²) >= 11 is 2.70. The Balaban J connectivity index is 1.93. The van der Waals surface area contributed by atoms with E-state index in [1.165, 1.54) is 28.8 Å². The average molecular weight is 512 g/mol. The summed E-state index contributed by atoms with van der Waals surface area (Å²) in [4.78, 5) is 42.9. The van der Waals surface area contributed by atoms with Gasteiger partial charge in [-0.2, -0.15) is 0 Å². The van der Waals surface area contributed by atoms with Gasteiger partial charge in [0.05, 0.1) is 33.4 Å². The van der Waals surface area contributed by atoms with Crippen LogP contribution in [0.2, 0.25) is 0 Å². The largest absolute Gasteiger partial charge is 0.502 e. The fraction of sp³-hybridized carbons (Fsp3) is 0.208. The van der Waals surface area contributed by atoms with Gasteiger partial charge in [0, 0.05) is 11.0 Å². The molecule has 0 spiro atoms. The fourth-order valence-corrected chi connectivity index (χ4v) is 5.28. The highest BCUT2D eigenvalue weighted by Gasteiger charge is 2.33. The molecular weight excluding hydrogens is 490 g/mol. The summed E-state index contributed by atoms with van der Waals surface area (Å²) in [7, 11) is 0. The zero-order valence-corrected chi connectivity index (χ0v) is 20.7. The topological polar surface area (TPSA) is 124 Å². The summed E-state index contributed by atoms with van der Waals surface area (Å²) in [5, 5.41) is 20.9. The van der Waals surface area contributed by atoms with Gasteiger partial charge in [-0.3, -0.25) is 19.5 Å². The zero-order chi connectivity index (χ0) is 25.3. The molecule has 0 fully saturated rings. The lowest BCUT2D eigenvalue weighted by atomic mass is 9.96. The molecule has 9 nitrogen and oxygen atoms in total. The average Bonchev–Trinajstić information content (AvgIpc) is 3.13. The number of phenolic OH excluding ortho intramolecular Hbond substituents is 1. The molecule has 2 heterocycles. The van der Waals surface area contributed by atoms with Gasteiger partial charge in [0.25, 0.3) is 5.56 Å². The number of benzene rings is 2. The molecule has 1 aliphatic heterocycles. The molecule has 35 heavy (non-hydrogen) atoms. The van der Waals surface area contributed by atoms with Crippen molar-refractivity contribution >= 4 is 40.8 Å². The second-order valence-electron chi connectivity index (χ2n) is 7.58. The molecule has 2 aromatic carbocycles. The molecule has 0 saturated carbocycles. The van der Waals surface area contributed by atoms with Crippen molar-refractivity contribution in [3.05, 3.63) is 94.7 Å². The summed E-state index contributed by atoms with van der Waals surface area (Å²) in [6.07, 6.45) is 3.47. The van der Waals surface area contributed by atoms with Crippen LogP contribution in [0.4, 0.5) is 5.69 Å². The third-order valence-electron chi connectivity index (χ3n) is 5.44. The first-order chi connectivity index (χ1) is 16.7. The first kappa shape index (κ1) is 24.4. The lowest BCUT2D eigenvalue weighted by molar-refractivity contribution is -0.385. The van der Waals surface area contributed by atoms with E-state index in [2.05, 4.69) is 4.99 Å². The molecule has 0 unspecified atom stereocenters. The van der Waals surface area contributed by atoms with Crippen molar-refractivity contribution in [1.82, 2.24) is 4.57 Å². The molecule has 1 aromatic heterocycles. The lowest BCUT2D eigenvalue weighted by Crippen LogP contribution is -2.39. The fourth-order valence-electron chi connectivity index (χ4n) is 3.82. The van der Waals surface area contributed by atoms with Crippen molar-refractivity contribution in [2.45, 2.75) is 24.8 Å². The highest BCUT2D eigenvalue weighted by atomic mass is 32.2. The molecule has 1 atom stereocenters. The molecule has 0 bridgehead atoms. The van der Waals surface area contributed by atoms with Crippen molar-refractivity contribution in [2.24, 2.45) is 4.99 Å². The van der Waals surface area contributed by atoms with Gasteiger partial charge in [-0.1, -0.05) is 29.5 Å². The number of fused-ring (bicyclic) bond motifs is 1. The number of thiazole rings is 1. The number of ether oxygens (including phenoxy) is 1. The normalized spacial score (nSPS) is 15.5. The van der Waals surface area contributed by atoms with E-state index < -0.39 is 33.9 Å². The maximum atomic E-state index is 13.6. The Labute approximate surface area is 207 Å². The van der Waals surface area contributed by atoms with Gasteiger partial charge in [0.1, 0.15) is 0 Å². The predicted octanol–water partition coefficient (Wildman–Crippen LogP) is 3.13. The number of phenols is 1. The van der Waals surface area contributed by atoms with Crippen molar-refractivity contribution in [1.29, 1.82) is 0 Å². The minimum Gasteiger partial charge on any atom is -0.502 e. The minimum absolute atomic E-state index is 0.178. The van der Waals surface area contributed by atoms with Crippen LogP contribution in [0.1, 0.15) is 31.0 Å². The van der Waals surface area contributed by atoms with Crippen LogP contribution in [0, 0.1) is 10.1 Å². The Hall–Kier alpha value is -3.70. The predicted molar refractivity (Wildman–Crippen MR) is 133 cm³/mol. The highest BCUT2D eigenvalue weighted by molar-refractivity contribution is 7.98. The maximum Gasteiger partial charge on any atom is 0.338 e. The van der Waals surface area contributed by atoms with Gasteiger partial charge < -0.3 is 9.84 Å². The standard InChI is InChI=1S/C24H21N3O6S2/c1-4-33-23(30)20-13(2)25-24-26(21(20)15-6-8-16(34-3)9-7-15)22(29)19(35-24)12-14-5-10-18(28)17(11-14)27(31)32/h5-12,21,28H,4H2,1-3H3/b19-12-/t21-/m1/s1. The molecule has 0 amide bonds. The number of carbonyl (C=O) groups is 1. The van der Waals surface area contributed by atoms with Crippen LogP contribution in [0.15, 0.2) is 68.4 Å². The van der Waals surface area contributed by atoms with Crippen molar-refractivity contribution in [3.63, 3.8) is 0 Å². The molecule has 0 radical (unpaired) electrons. The second kappa shape index (κ2) is 9.88. The Morgan fingerprint density at radius 1 is 1.31 bits per heavy atom. The van der Waals surface area contributed by atoms with E-state index in [-0.39, 0.29) is 16.7 Å². The van der Waals surface area contributed by atoms with Crippen LogP contribution in [0.5, 0.6) is 5.75 Å².